The number of rotatable bonds is 3. The van der Waals surface area contributed by atoms with E-state index in [-0.39, 0.29) is 0 Å². The van der Waals surface area contributed by atoms with E-state index in [2.05, 4.69) is 5.21 Å². The van der Waals surface area contributed by atoms with Crippen molar-refractivity contribution in [3.05, 3.63) is 53.9 Å². The molecule has 0 amide bonds. The number of hydrogen-bond donors (Lipinski definition) is 1. The van der Waals surface area contributed by atoms with Crippen LogP contribution in [0.15, 0.2) is 12.1 Å². The maximum atomic E-state index is 11.1. The normalized spacial score (nSPS) is 15.8. The molecule has 1 aromatic carbocycles. The molecular weight excluding hydrogens is 518 g/mol. The molecule has 2 heterocycles. The van der Waals surface area contributed by atoms with Gasteiger partial charge in [0.1, 0.15) is 25.5 Å². The third kappa shape index (κ3) is 9.12. The first-order valence-electron chi connectivity index (χ1n) is 11.0. The molecular formula is C19H27N7O12. The van der Waals surface area contributed by atoms with Crippen molar-refractivity contribution in [2.75, 3.05) is 58.7 Å². The van der Waals surface area contributed by atoms with Crippen LogP contribution in [0.5, 0.6) is 5.75 Å². The molecule has 1 aromatic heterocycles. The van der Waals surface area contributed by atoms with E-state index in [9.17, 15) is 35.4 Å². The highest BCUT2D eigenvalue weighted by molar-refractivity contribution is 5.63. The number of ether oxygens (including phenoxy) is 5. The van der Waals surface area contributed by atoms with Gasteiger partial charge in [0, 0.05) is 0 Å². The van der Waals surface area contributed by atoms with Crippen LogP contribution in [0.2, 0.25) is 0 Å². The lowest BCUT2D eigenvalue weighted by Gasteiger charge is -2.06. The maximum absolute atomic E-state index is 11.1. The van der Waals surface area contributed by atoms with Crippen LogP contribution in [0.25, 0.3) is 0 Å². The number of hydrogen-bond acceptors (Lipinski definition) is 14. The molecule has 0 atom stereocenters. The van der Waals surface area contributed by atoms with Gasteiger partial charge in [0.25, 0.3) is 17.1 Å². The molecule has 0 spiro atoms. The summed E-state index contributed by atoms with van der Waals surface area (Å²) >= 11 is 0. The number of nitrogen functional groups attached to an aromatic ring is 1. The monoisotopic (exact) mass is 545 g/mol. The van der Waals surface area contributed by atoms with Gasteiger partial charge in [-0.25, -0.2) is 5.84 Å². The molecule has 1 aliphatic rings. The third-order valence-corrected chi connectivity index (χ3v) is 4.84. The van der Waals surface area contributed by atoms with Crippen LogP contribution >= 0.6 is 0 Å². The molecule has 0 radical (unpaired) electrons. The summed E-state index contributed by atoms with van der Waals surface area (Å²) in [4.78, 5) is 28.8. The highest BCUT2D eigenvalue weighted by atomic mass is 16.6. The molecule has 1 aliphatic heterocycles. The van der Waals surface area contributed by atoms with Gasteiger partial charge in [-0.3, -0.25) is 30.3 Å². The highest BCUT2D eigenvalue weighted by Crippen LogP contribution is 2.36. The zero-order chi connectivity index (χ0) is 28.1. The Labute approximate surface area is 214 Å². The minimum absolute atomic E-state index is 0.361. The topological polar surface area (TPSA) is 246 Å². The lowest BCUT2D eigenvalue weighted by atomic mass is 10.2. The van der Waals surface area contributed by atoms with Crippen LogP contribution in [-0.2, 0) is 43.9 Å². The molecule has 3 rings (SSSR count). The Morgan fingerprint density at radius 2 is 1.21 bits per heavy atom. The molecule has 0 saturated carbocycles. The summed E-state index contributed by atoms with van der Waals surface area (Å²) in [5, 5.41) is 46.2. The molecule has 19 nitrogen and oxygen atoms in total. The quantitative estimate of drug-likeness (QED) is 0.210. The zero-order valence-corrected chi connectivity index (χ0v) is 20.4. The lowest BCUT2D eigenvalue weighted by molar-refractivity contribution is -0.740. The SMILES string of the molecule is C[n+]1nn(N)c2c1COCCOCCOCCOCCOC2.O=[N+]([O-])c1cc([N+](=O)[O-])c([O-])c([N+](=O)[O-])c1. The van der Waals surface area contributed by atoms with Crippen molar-refractivity contribution in [3.8, 4) is 5.75 Å². The van der Waals surface area contributed by atoms with Crippen molar-refractivity contribution in [2.45, 2.75) is 13.2 Å². The standard InChI is InChI=1S/C13H25N4O5.C6H3N3O7/c1-16-12-10-21-8-6-19-4-2-18-3-5-20-7-9-22-11-13(12)17(14)15-16;10-6-4(8(13)14)1-3(7(11)12)2-5(6)9(15)16/h2-11H2,1H3,(H2,14,15);1-2,10H/q+1;/p-1. The van der Waals surface area contributed by atoms with Crippen LogP contribution in [0.3, 0.4) is 0 Å². The van der Waals surface area contributed by atoms with Gasteiger partial charge in [0.05, 0.1) is 85.5 Å². The number of nitro groups is 3. The van der Waals surface area contributed by atoms with Gasteiger partial charge in [0.15, 0.2) is 0 Å². The number of nitro benzene ring substituents is 3. The van der Waals surface area contributed by atoms with E-state index in [1.807, 2.05) is 7.05 Å². The fourth-order valence-electron chi connectivity index (χ4n) is 2.97. The number of aromatic nitrogens is 3. The Hall–Kier alpha value is -4.04. The van der Waals surface area contributed by atoms with Gasteiger partial charge in [-0.1, -0.05) is 0 Å². The first-order valence-corrected chi connectivity index (χ1v) is 11.0. The summed E-state index contributed by atoms with van der Waals surface area (Å²) in [5.41, 5.74) is -1.59. The van der Waals surface area contributed by atoms with Crippen molar-refractivity contribution < 1.29 is 48.2 Å². The second-order valence-corrected chi connectivity index (χ2v) is 7.38. The number of fused-ring (bicyclic) bond motifs is 1. The van der Waals surface area contributed by atoms with Crippen molar-refractivity contribution in [1.29, 1.82) is 0 Å². The fourth-order valence-corrected chi connectivity index (χ4v) is 2.97. The van der Waals surface area contributed by atoms with Crippen LogP contribution < -0.4 is 15.6 Å². The van der Waals surface area contributed by atoms with Gasteiger partial charge in [-0.2, -0.15) is 0 Å². The molecule has 0 bridgehead atoms. The Kier molecular flexibility index (Phi) is 12.1. The van der Waals surface area contributed by atoms with Crippen LogP contribution in [-0.4, -0.2) is 77.6 Å². The molecule has 0 saturated heterocycles. The van der Waals surface area contributed by atoms with E-state index in [0.29, 0.717) is 78.2 Å². The summed E-state index contributed by atoms with van der Waals surface area (Å²) < 4.78 is 29.1. The zero-order valence-electron chi connectivity index (χ0n) is 20.4. The predicted molar refractivity (Wildman–Crippen MR) is 121 cm³/mol. The van der Waals surface area contributed by atoms with E-state index >= 15 is 0 Å². The Bertz CT molecular complexity index is 1040. The Morgan fingerprint density at radius 3 is 1.63 bits per heavy atom. The van der Waals surface area contributed by atoms with Crippen LogP contribution in [0.1, 0.15) is 11.4 Å². The maximum Gasteiger partial charge on any atom is 0.283 e. The summed E-state index contributed by atoms with van der Waals surface area (Å²) in [7, 11) is 1.82. The Morgan fingerprint density at radius 1 is 0.789 bits per heavy atom. The fraction of sp³-hybridized carbons (Fsp3) is 0.579. The summed E-state index contributed by atoms with van der Waals surface area (Å²) in [6.07, 6.45) is 0. The molecule has 2 N–H and O–H groups in total. The lowest BCUT2D eigenvalue weighted by Crippen LogP contribution is -2.36. The van der Waals surface area contributed by atoms with E-state index < -0.39 is 37.6 Å². The van der Waals surface area contributed by atoms with E-state index in [0.717, 1.165) is 11.4 Å². The van der Waals surface area contributed by atoms with Gasteiger partial charge >= 0.3 is 0 Å². The van der Waals surface area contributed by atoms with E-state index in [1.54, 1.807) is 4.68 Å². The largest absolute Gasteiger partial charge is 0.863 e. The smallest absolute Gasteiger partial charge is 0.283 e. The van der Waals surface area contributed by atoms with Gasteiger partial charge in [0.2, 0.25) is 11.4 Å². The summed E-state index contributed by atoms with van der Waals surface area (Å²) in [5.74, 6) is 4.38. The van der Waals surface area contributed by atoms with Gasteiger partial charge in [-0.05, 0) is 4.79 Å². The van der Waals surface area contributed by atoms with Gasteiger partial charge in [-0.15, -0.1) is 4.68 Å². The number of nitrogens with two attached hydrogens (primary N) is 1. The molecule has 19 heteroatoms. The average molecular weight is 545 g/mol. The minimum atomic E-state index is -1.46. The first-order chi connectivity index (χ1) is 18.1. The predicted octanol–water partition coefficient (Wildman–Crippen LogP) is -0.997. The number of non-ortho nitro benzene ring substituents is 1. The van der Waals surface area contributed by atoms with Crippen molar-refractivity contribution in [1.82, 2.24) is 10.0 Å². The second-order valence-electron chi connectivity index (χ2n) is 7.38. The molecule has 210 valence electrons. The van der Waals surface area contributed by atoms with Crippen molar-refractivity contribution >= 4 is 17.1 Å². The molecule has 2 aromatic rings. The molecule has 0 fully saturated rings. The van der Waals surface area contributed by atoms with Crippen LogP contribution in [0, 0.1) is 30.3 Å². The Balaban J connectivity index is 0.000000281. The van der Waals surface area contributed by atoms with Crippen molar-refractivity contribution in [2.24, 2.45) is 7.05 Å². The van der Waals surface area contributed by atoms with Crippen molar-refractivity contribution in [3.63, 3.8) is 0 Å². The molecule has 38 heavy (non-hydrogen) atoms. The summed E-state index contributed by atoms with van der Waals surface area (Å²) in [6.45, 7) is 4.98. The minimum Gasteiger partial charge on any atom is -0.863 e. The second kappa shape index (κ2) is 15.3. The number of nitrogens with zero attached hydrogens (tertiary/aromatic N) is 6. The molecule has 0 unspecified atom stereocenters. The number of aryl methyl sites for hydroxylation is 1. The molecule has 0 aliphatic carbocycles. The first kappa shape index (κ1) is 30.2. The third-order valence-electron chi connectivity index (χ3n) is 4.84. The highest BCUT2D eigenvalue weighted by Gasteiger charge is 2.25. The average Bonchev–Trinajstić information content (AvgIpc) is 3.13. The van der Waals surface area contributed by atoms with E-state index in [4.69, 9.17) is 29.5 Å². The van der Waals surface area contributed by atoms with E-state index in [1.165, 1.54) is 4.79 Å². The summed E-state index contributed by atoms with van der Waals surface area (Å²) in [6, 6.07) is 0.769. The number of benzene rings is 1. The van der Waals surface area contributed by atoms with Crippen LogP contribution in [0.4, 0.5) is 17.1 Å². The van der Waals surface area contributed by atoms with Gasteiger partial charge < -0.3 is 28.8 Å².